The van der Waals surface area contributed by atoms with E-state index in [1.54, 1.807) is 19.9 Å². The fraction of sp³-hybridized carbons (Fsp3) is 0.364. The lowest BCUT2D eigenvalue weighted by atomic mass is 10.2. The summed E-state index contributed by atoms with van der Waals surface area (Å²) in [7, 11) is 0. The maximum absolute atomic E-state index is 11.4. The van der Waals surface area contributed by atoms with Crippen LogP contribution in [0, 0.1) is 17.0 Å². The number of carbonyl (C=O) groups is 1. The zero-order valence-electron chi connectivity index (χ0n) is 9.73. The molecule has 0 aliphatic rings. The first-order valence-corrected chi connectivity index (χ1v) is 5.17. The highest BCUT2D eigenvalue weighted by atomic mass is 16.6. The van der Waals surface area contributed by atoms with Crippen LogP contribution in [0.1, 0.15) is 12.5 Å². The summed E-state index contributed by atoms with van der Waals surface area (Å²) in [5, 5.41) is 13.2. The lowest BCUT2D eigenvalue weighted by Crippen LogP contribution is -2.18. The molecular weight excluding hydrogens is 224 g/mol. The normalized spacial score (nSPS) is 10.0. The van der Waals surface area contributed by atoms with Crippen LogP contribution in [0.5, 0.6) is 0 Å². The van der Waals surface area contributed by atoms with Crippen molar-refractivity contribution in [1.29, 1.82) is 0 Å². The molecule has 0 atom stereocenters. The van der Waals surface area contributed by atoms with Crippen LogP contribution >= 0.6 is 0 Å². The lowest BCUT2D eigenvalue weighted by Gasteiger charge is -2.07. The van der Waals surface area contributed by atoms with Crippen LogP contribution in [0.25, 0.3) is 0 Å². The molecule has 0 heterocycles. The summed E-state index contributed by atoms with van der Waals surface area (Å²) in [6, 6.07) is 4.32. The summed E-state index contributed by atoms with van der Waals surface area (Å²) in [4.78, 5) is 21.5. The zero-order valence-corrected chi connectivity index (χ0v) is 9.73. The number of amides is 1. The Hall–Kier alpha value is -1.95. The van der Waals surface area contributed by atoms with Gasteiger partial charge in [-0.05, 0) is 19.4 Å². The molecule has 1 rings (SSSR count). The van der Waals surface area contributed by atoms with Crippen LogP contribution in [0.2, 0.25) is 0 Å². The molecule has 1 aromatic rings. The van der Waals surface area contributed by atoms with E-state index in [9.17, 15) is 14.9 Å². The Balaban J connectivity index is 2.79. The van der Waals surface area contributed by atoms with Crippen molar-refractivity contribution < 1.29 is 14.5 Å². The SMILES string of the molecule is CCOCC(=O)Nc1cc([N+](=O)[O-])ccc1C. The Kier molecular flexibility index (Phi) is 4.59. The van der Waals surface area contributed by atoms with Crippen molar-refractivity contribution in [2.45, 2.75) is 13.8 Å². The molecular formula is C11H14N2O4. The van der Waals surface area contributed by atoms with Gasteiger partial charge in [-0.15, -0.1) is 0 Å². The van der Waals surface area contributed by atoms with Crippen molar-refractivity contribution >= 4 is 17.3 Å². The number of rotatable bonds is 5. The second-order valence-electron chi connectivity index (χ2n) is 3.44. The first kappa shape index (κ1) is 13.1. The molecule has 0 bridgehead atoms. The molecule has 1 aromatic carbocycles. The van der Waals surface area contributed by atoms with E-state index < -0.39 is 4.92 Å². The van der Waals surface area contributed by atoms with Gasteiger partial charge in [-0.25, -0.2) is 0 Å². The predicted molar refractivity (Wildman–Crippen MR) is 63.0 cm³/mol. The molecule has 0 saturated carbocycles. The van der Waals surface area contributed by atoms with Gasteiger partial charge >= 0.3 is 0 Å². The largest absolute Gasteiger partial charge is 0.372 e. The van der Waals surface area contributed by atoms with Gasteiger partial charge in [-0.3, -0.25) is 14.9 Å². The molecule has 0 aliphatic heterocycles. The van der Waals surface area contributed by atoms with Gasteiger partial charge in [-0.2, -0.15) is 0 Å². The van der Waals surface area contributed by atoms with Gasteiger partial charge in [0.05, 0.1) is 10.6 Å². The van der Waals surface area contributed by atoms with Crippen molar-refractivity contribution in [2.75, 3.05) is 18.5 Å². The maximum atomic E-state index is 11.4. The van der Waals surface area contributed by atoms with Crippen molar-refractivity contribution in [3.05, 3.63) is 33.9 Å². The summed E-state index contributed by atoms with van der Waals surface area (Å²) in [6.07, 6.45) is 0. The molecule has 0 spiro atoms. The predicted octanol–water partition coefficient (Wildman–Crippen LogP) is 1.88. The summed E-state index contributed by atoms with van der Waals surface area (Å²) < 4.78 is 4.94. The fourth-order valence-corrected chi connectivity index (χ4v) is 1.24. The molecule has 0 aromatic heterocycles. The zero-order chi connectivity index (χ0) is 12.8. The van der Waals surface area contributed by atoms with Gasteiger partial charge in [0.2, 0.25) is 5.91 Å². The number of nitro benzene ring substituents is 1. The molecule has 0 fully saturated rings. The fourth-order valence-electron chi connectivity index (χ4n) is 1.24. The van der Waals surface area contributed by atoms with E-state index in [1.165, 1.54) is 12.1 Å². The number of carbonyl (C=O) groups excluding carboxylic acids is 1. The summed E-state index contributed by atoms with van der Waals surface area (Å²) in [5.74, 6) is -0.324. The van der Waals surface area contributed by atoms with E-state index in [0.29, 0.717) is 12.3 Å². The van der Waals surface area contributed by atoms with Gasteiger partial charge in [0.15, 0.2) is 0 Å². The van der Waals surface area contributed by atoms with Crippen LogP contribution in [0.4, 0.5) is 11.4 Å². The molecule has 6 heteroatoms. The minimum Gasteiger partial charge on any atom is -0.372 e. The van der Waals surface area contributed by atoms with Crippen LogP contribution in [-0.2, 0) is 9.53 Å². The Labute approximate surface area is 98.7 Å². The number of nitrogens with zero attached hydrogens (tertiary/aromatic N) is 1. The highest BCUT2D eigenvalue weighted by molar-refractivity contribution is 5.92. The van der Waals surface area contributed by atoms with Gasteiger partial charge in [0, 0.05) is 18.7 Å². The molecule has 17 heavy (non-hydrogen) atoms. The van der Waals surface area contributed by atoms with Crippen LogP contribution in [0.15, 0.2) is 18.2 Å². The van der Waals surface area contributed by atoms with E-state index in [1.807, 2.05) is 0 Å². The number of hydrogen-bond acceptors (Lipinski definition) is 4. The summed E-state index contributed by atoms with van der Waals surface area (Å²) in [5.41, 5.74) is 1.15. The van der Waals surface area contributed by atoms with E-state index in [0.717, 1.165) is 5.56 Å². The van der Waals surface area contributed by atoms with Crippen molar-refractivity contribution in [3.63, 3.8) is 0 Å². The average Bonchev–Trinajstić information content (AvgIpc) is 2.29. The Bertz CT molecular complexity index is 431. The number of ether oxygens (including phenoxy) is 1. The molecule has 0 saturated heterocycles. The van der Waals surface area contributed by atoms with Gasteiger partial charge in [0.1, 0.15) is 6.61 Å². The number of anilines is 1. The number of non-ortho nitro benzene ring substituents is 1. The second-order valence-corrected chi connectivity index (χ2v) is 3.44. The highest BCUT2D eigenvalue weighted by Gasteiger charge is 2.10. The maximum Gasteiger partial charge on any atom is 0.271 e. The standard InChI is InChI=1S/C11H14N2O4/c1-3-17-7-11(14)12-10-6-9(13(15)16)5-4-8(10)2/h4-6H,3,7H2,1-2H3,(H,12,14). The first-order valence-electron chi connectivity index (χ1n) is 5.17. The summed E-state index contributed by atoms with van der Waals surface area (Å²) >= 11 is 0. The van der Waals surface area contributed by atoms with E-state index >= 15 is 0 Å². The topological polar surface area (TPSA) is 81.5 Å². The minimum atomic E-state index is -0.502. The molecule has 92 valence electrons. The van der Waals surface area contributed by atoms with E-state index in [2.05, 4.69) is 5.32 Å². The van der Waals surface area contributed by atoms with Crippen molar-refractivity contribution in [3.8, 4) is 0 Å². The van der Waals surface area contributed by atoms with Crippen LogP contribution < -0.4 is 5.32 Å². The number of nitrogens with one attached hydrogen (secondary N) is 1. The third-order valence-electron chi connectivity index (χ3n) is 2.14. The van der Waals surface area contributed by atoms with Crippen molar-refractivity contribution in [2.24, 2.45) is 0 Å². The lowest BCUT2D eigenvalue weighted by molar-refractivity contribution is -0.384. The third-order valence-corrected chi connectivity index (χ3v) is 2.14. The van der Waals surface area contributed by atoms with Gasteiger partial charge in [0.25, 0.3) is 5.69 Å². The van der Waals surface area contributed by atoms with Gasteiger partial charge in [-0.1, -0.05) is 6.07 Å². The third kappa shape index (κ3) is 3.84. The summed E-state index contributed by atoms with van der Waals surface area (Å²) in [6.45, 7) is 3.94. The number of nitro groups is 1. The van der Waals surface area contributed by atoms with Gasteiger partial charge < -0.3 is 10.1 Å². The minimum absolute atomic E-state index is 0.0534. The number of hydrogen-bond donors (Lipinski definition) is 1. The quantitative estimate of drug-likeness (QED) is 0.627. The monoisotopic (exact) mass is 238 g/mol. The Morgan fingerprint density at radius 3 is 2.82 bits per heavy atom. The Morgan fingerprint density at radius 2 is 2.24 bits per heavy atom. The second kappa shape index (κ2) is 5.95. The van der Waals surface area contributed by atoms with E-state index in [-0.39, 0.29) is 18.2 Å². The van der Waals surface area contributed by atoms with Crippen molar-refractivity contribution in [1.82, 2.24) is 0 Å². The molecule has 0 radical (unpaired) electrons. The molecule has 1 N–H and O–H groups in total. The smallest absolute Gasteiger partial charge is 0.271 e. The average molecular weight is 238 g/mol. The molecule has 0 unspecified atom stereocenters. The molecule has 6 nitrogen and oxygen atoms in total. The molecule has 1 amide bonds. The highest BCUT2D eigenvalue weighted by Crippen LogP contribution is 2.21. The first-order chi connectivity index (χ1) is 8.04. The van der Waals surface area contributed by atoms with Crippen LogP contribution in [-0.4, -0.2) is 24.0 Å². The number of benzene rings is 1. The number of aryl methyl sites for hydroxylation is 1. The molecule has 0 aliphatic carbocycles. The Morgan fingerprint density at radius 1 is 1.53 bits per heavy atom. The van der Waals surface area contributed by atoms with Crippen LogP contribution in [0.3, 0.4) is 0 Å². The van der Waals surface area contributed by atoms with E-state index in [4.69, 9.17) is 4.74 Å².